The number of hydrogen-bond donors (Lipinski definition) is 2. The Hall–Kier alpha value is -1.68. The van der Waals surface area contributed by atoms with Crippen molar-refractivity contribution < 1.29 is 14.3 Å². The van der Waals surface area contributed by atoms with Crippen LogP contribution in [0.3, 0.4) is 0 Å². The van der Waals surface area contributed by atoms with Gasteiger partial charge in [0.1, 0.15) is 0 Å². The number of aliphatic imine (C=N–C) groups is 1. The number of benzene rings is 1. The van der Waals surface area contributed by atoms with Crippen molar-refractivity contribution in [1.29, 1.82) is 0 Å². The van der Waals surface area contributed by atoms with Crippen LogP contribution in [-0.4, -0.2) is 62.1 Å². The van der Waals surface area contributed by atoms with E-state index >= 15 is 0 Å². The zero-order chi connectivity index (χ0) is 18.9. The topological polar surface area (TPSA) is 83.0 Å². The Morgan fingerprint density at radius 2 is 1.85 bits per heavy atom. The molecule has 2 atom stereocenters. The van der Waals surface area contributed by atoms with Crippen LogP contribution in [0.4, 0.5) is 0 Å². The Balaban J connectivity index is 0.00000261. The SMILES string of the molecule is CN=C(NCCN1C(=O)c2ccccc2C1=O)NC1CC(OC)C1(C)C.I. The normalized spacial score (nSPS) is 23.4. The minimum atomic E-state index is -0.238. The average molecular weight is 486 g/mol. The van der Waals surface area contributed by atoms with Gasteiger partial charge in [0.15, 0.2) is 5.96 Å². The maximum Gasteiger partial charge on any atom is 0.261 e. The first kappa shape index (κ1) is 21.6. The summed E-state index contributed by atoms with van der Waals surface area (Å²) >= 11 is 0. The van der Waals surface area contributed by atoms with E-state index < -0.39 is 0 Å². The molecule has 7 nitrogen and oxygen atoms in total. The van der Waals surface area contributed by atoms with Crippen molar-refractivity contribution in [2.24, 2.45) is 10.4 Å². The highest BCUT2D eigenvalue weighted by molar-refractivity contribution is 14.0. The summed E-state index contributed by atoms with van der Waals surface area (Å²) in [6.45, 7) is 5.05. The number of rotatable bonds is 5. The van der Waals surface area contributed by atoms with E-state index in [0.717, 1.165) is 6.42 Å². The molecule has 148 valence electrons. The van der Waals surface area contributed by atoms with Crippen molar-refractivity contribution in [2.45, 2.75) is 32.4 Å². The summed E-state index contributed by atoms with van der Waals surface area (Å²) in [5.41, 5.74) is 0.971. The molecule has 2 aliphatic rings. The van der Waals surface area contributed by atoms with Gasteiger partial charge < -0.3 is 15.4 Å². The fourth-order valence-corrected chi connectivity index (χ4v) is 3.62. The molecule has 2 unspecified atom stereocenters. The second kappa shape index (κ2) is 8.55. The third-order valence-electron chi connectivity index (χ3n) is 5.50. The van der Waals surface area contributed by atoms with Crippen molar-refractivity contribution in [3.05, 3.63) is 35.4 Å². The maximum atomic E-state index is 12.4. The van der Waals surface area contributed by atoms with Gasteiger partial charge in [0, 0.05) is 38.7 Å². The Labute approximate surface area is 176 Å². The average Bonchev–Trinajstić information content (AvgIpc) is 2.88. The number of carbonyl (C=O) groups is 2. The predicted molar refractivity (Wildman–Crippen MR) is 115 cm³/mol. The molecular weight excluding hydrogens is 459 g/mol. The van der Waals surface area contributed by atoms with Crippen LogP contribution in [0.25, 0.3) is 0 Å². The zero-order valence-corrected chi connectivity index (χ0v) is 18.4. The van der Waals surface area contributed by atoms with Crippen LogP contribution in [0, 0.1) is 5.41 Å². The first-order valence-electron chi connectivity index (χ1n) is 8.85. The first-order chi connectivity index (χ1) is 12.4. The summed E-state index contributed by atoms with van der Waals surface area (Å²) in [5, 5.41) is 6.58. The van der Waals surface area contributed by atoms with Crippen LogP contribution < -0.4 is 10.6 Å². The number of guanidine groups is 1. The number of fused-ring (bicyclic) bond motifs is 1. The standard InChI is InChI=1S/C19H26N4O3.HI/c1-19(2)14(11-15(19)26-4)22-18(20-3)21-9-10-23-16(24)12-7-5-6-8-13(12)17(23)25;/h5-8,14-15H,9-11H2,1-4H3,(H2,20,21,22);1H. The monoisotopic (exact) mass is 486 g/mol. The van der Waals surface area contributed by atoms with Gasteiger partial charge in [-0.1, -0.05) is 26.0 Å². The van der Waals surface area contributed by atoms with E-state index in [-0.39, 0.29) is 53.4 Å². The van der Waals surface area contributed by atoms with E-state index in [1.807, 2.05) is 0 Å². The van der Waals surface area contributed by atoms with E-state index in [4.69, 9.17) is 4.74 Å². The van der Waals surface area contributed by atoms with E-state index in [2.05, 4.69) is 29.5 Å². The molecule has 1 fully saturated rings. The smallest absolute Gasteiger partial charge is 0.261 e. The molecule has 0 aromatic heterocycles. The summed E-state index contributed by atoms with van der Waals surface area (Å²) in [5.74, 6) is 0.186. The predicted octanol–water partition coefficient (Wildman–Crippen LogP) is 1.88. The quantitative estimate of drug-likeness (QED) is 0.288. The number of halogens is 1. The molecule has 3 rings (SSSR count). The third kappa shape index (κ3) is 3.96. The molecule has 27 heavy (non-hydrogen) atoms. The number of amides is 2. The van der Waals surface area contributed by atoms with Crippen molar-refractivity contribution in [1.82, 2.24) is 15.5 Å². The number of carbonyl (C=O) groups excluding carboxylic acids is 2. The summed E-state index contributed by atoms with van der Waals surface area (Å²) in [6.07, 6.45) is 1.15. The molecule has 8 heteroatoms. The van der Waals surface area contributed by atoms with Crippen LogP contribution in [0.2, 0.25) is 0 Å². The molecule has 0 spiro atoms. The minimum Gasteiger partial charge on any atom is -0.381 e. The molecule has 0 bridgehead atoms. The highest BCUT2D eigenvalue weighted by Crippen LogP contribution is 2.42. The largest absolute Gasteiger partial charge is 0.381 e. The number of nitrogens with zero attached hydrogens (tertiary/aromatic N) is 2. The second-order valence-corrected chi connectivity index (χ2v) is 7.28. The first-order valence-corrected chi connectivity index (χ1v) is 8.85. The van der Waals surface area contributed by atoms with Gasteiger partial charge in [-0.25, -0.2) is 0 Å². The van der Waals surface area contributed by atoms with Crippen LogP contribution in [-0.2, 0) is 4.74 Å². The lowest BCUT2D eigenvalue weighted by Crippen LogP contribution is -2.63. The highest BCUT2D eigenvalue weighted by Gasteiger charge is 2.49. The minimum absolute atomic E-state index is 0. The van der Waals surface area contributed by atoms with Gasteiger partial charge in [0.25, 0.3) is 11.8 Å². The number of methoxy groups -OCH3 is 1. The van der Waals surface area contributed by atoms with Gasteiger partial charge >= 0.3 is 0 Å². The number of hydrogen-bond acceptors (Lipinski definition) is 4. The number of ether oxygens (including phenoxy) is 1. The fourth-order valence-electron chi connectivity index (χ4n) is 3.62. The van der Waals surface area contributed by atoms with E-state index in [9.17, 15) is 9.59 Å². The van der Waals surface area contributed by atoms with Crippen molar-refractivity contribution in [3.63, 3.8) is 0 Å². The third-order valence-corrected chi connectivity index (χ3v) is 5.50. The van der Waals surface area contributed by atoms with Gasteiger partial charge in [0.05, 0.1) is 17.2 Å². The van der Waals surface area contributed by atoms with Crippen molar-refractivity contribution in [2.75, 3.05) is 27.2 Å². The lowest BCUT2D eigenvalue weighted by Gasteiger charge is -2.51. The lowest BCUT2D eigenvalue weighted by atomic mass is 9.64. The Kier molecular flexibility index (Phi) is 6.85. The van der Waals surface area contributed by atoms with Gasteiger partial charge in [-0.3, -0.25) is 19.5 Å². The summed E-state index contributed by atoms with van der Waals surface area (Å²) in [6, 6.07) is 7.18. The van der Waals surface area contributed by atoms with Gasteiger partial charge in [0.2, 0.25) is 0 Å². The van der Waals surface area contributed by atoms with Crippen LogP contribution in [0.5, 0.6) is 0 Å². The molecular formula is C19H27IN4O3. The van der Waals surface area contributed by atoms with Gasteiger partial charge in [-0.05, 0) is 18.6 Å². The van der Waals surface area contributed by atoms with Crippen LogP contribution in [0.1, 0.15) is 41.0 Å². The molecule has 1 heterocycles. The Bertz CT molecular complexity index is 715. The number of nitrogens with one attached hydrogen (secondary N) is 2. The molecule has 1 aromatic carbocycles. The second-order valence-electron chi connectivity index (χ2n) is 7.28. The molecule has 0 radical (unpaired) electrons. The molecule has 2 N–H and O–H groups in total. The van der Waals surface area contributed by atoms with Gasteiger partial charge in [-0.15, -0.1) is 24.0 Å². The van der Waals surface area contributed by atoms with E-state index in [1.54, 1.807) is 38.4 Å². The van der Waals surface area contributed by atoms with E-state index in [1.165, 1.54) is 4.90 Å². The summed E-state index contributed by atoms with van der Waals surface area (Å²) in [4.78, 5) is 30.2. The molecule has 1 aliphatic heterocycles. The maximum absolute atomic E-state index is 12.4. The van der Waals surface area contributed by atoms with Crippen molar-refractivity contribution >= 4 is 41.8 Å². The molecule has 1 aliphatic carbocycles. The zero-order valence-electron chi connectivity index (χ0n) is 16.1. The molecule has 1 aromatic rings. The van der Waals surface area contributed by atoms with Crippen molar-refractivity contribution in [3.8, 4) is 0 Å². The number of imide groups is 1. The lowest BCUT2D eigenvalue weighted by molar-refractivity contribution is -0.0922. The summed E-state index contributed by atoms with van der Waals surface area (Å²) < 4.78 is 5.47. The Morgan fingerprint density at radius 1 is 1.26 bits per heavy atom. The van der Waals surface area contributed by atoms with Crippen LogP contribution >= 0.6 is 24.0 Å². The fraction of sp³-hybridized carbons (Fsp3) is 0.526. The van der Waals surface area contributed by atoms with Gasteiger partial charge in [-0.2, -0.15) is 0 Å². The Morgan fingerprint density at radius 3 is 2.33 bits per heavy atom. The van der Waals surface area contributed by atoms with E-state index in [0.29, 0.717) is 30.2 Å². The molecule has 2 amide bonds. The molecule has 0 saturated heterocycles. The summed E-state index contributed by atoms with van der Waals surface area (Å²) in [7, 11) is 3.44. The highest BCUT2D eigenvalue weighted by atomic mass is 127. The van der Waals surface area contributed by atoms with Crippen LogP contribution in [0.15, 0.2) is 29.3 Å². The molecule has 1 saturated carbocycles.